The Morgan fingerprint density at radius 2 is 2.21 bits per heavy atom. The van der Waals surface area contributed by atoms with Crippen LogP contribution in [0.4, 0.5) is 0 Å². The molecule has 108 valence electrons. The molecule has 0 spiro atoms. The first-order chi connectivity index (χ1) is 8.96. The molecule has 0 aromatic carbocycles. The lowest BCUT2D eigenvalue weighted by molar-refractivity contribution is 0.358. The predicted octanol–water partition coefficient (Wildman–Crippen LogP) is 0.938. The molecule has 19 heavy (non-hydrogen) atoms. The van der Waals surface area contributed by atoms with E-state index < -0.39 is 10.0 Å². The van der Waals surface area contributed by atoms with Gasteiger partial charge in [0.1, 0.15) is 0 Å². The van der Waals surface area contributed by atoms with E-state index in [1.807, 2.05) is 13.8 Å². The second-order valence-corrected chi connectivity index (χ2v) is 7.28. The lowest BCUT2D eigenvalue weighted by Gasteiger charge is -2.23. The van der Waals surface area contributed by atoms with Crippen LogP contribution in [0.2, 0.25) is 0 Å². The largest absolute Gasteiger partial charge is 0.316 e. The molecule has 2 rings (SSSR count). The average molecular weight is 286 g/mol. The van der Waals surface area contributed by atoms with Crippen molar-refractivity contribution in [1.29, 1.82) is 0 Å². The van der Waals surface area contributed by atoms with Crippen molar-refractivity contribution < 1.29 is 8.42 Å². The van der Waals surface area contributed by atoms with E-state index in [-0.39, 0.29) is 11.1 Å². The van der Waals surface area contributed by atoms with Gasteiger partial charge < -0.3 is 5.32 Å². The van der Waals surface area contributed by atoms with Gasteiger partial charge in [-0.25, -0.2) is 8.42 Å². The summed E-state index contributed by atoms with van der Waals surface area (Å²) in [5.74, 6) is 0.311. The SMILES string of the molecule is CNCc1cn[nH]c1S(=O)(=O)N(CC(C)C)C1CC1. The fourth-order valence-electron chi connectivity index (χ4n) is 2.12. The average Bonchev–Trinajstić information content (AvgIpc) is 3.05. The van der Waals surface area contributed by atoms with Crippen molar-refractivity contribution >= 4 is 10.0 Å². The van der Waals surface area contributed by atoms with E-state index >= 15 is 0 Å². The molecule has 0 saturated heterocycles. The van der Waals surface area contributed by atoms with Crippen LogP contribution in [0.3, 0.4) is 0 Å². The van der Waals surface area contributed by atoms with Gasteiger partial charge in [0.15, 0.2) is 5.03 Å². The maximum Gasteiger partial charge on any atom is 0.260 e. The Kier molecular flexibility index (Phi) is 4.27. The first kappa shape index (κ1) is 14.5. The fraction of sp³-hybridized carbons (Fsp3) is 0.750. The molecular formula is C12H22N4O2S. The Labute approximate surface area is 114 Å². The summed E-state index contributed by atoms with van der Waals surface area (Å²) in [6.07, 6.45) is 3.49. The number of aromatic nitrogens is 2. The molecule has 1 fully saturated rings. The molecule has 0 aliphatic heterocycles. The second-order valence-electron chi connectivity index (χ2n) is 5.45. The van der Waals surface area contributed by atoms with Crippen LogP contribution in [0.1, 0.15) is 32.3 Å². The first-order valence-corrected chi connectivity index (χ1v) is 8.09. The maximum absolute atomic E-state index is 12.7. The van der Waals surface area contributed by atoms with Crippen LogP contribution in [-0.4, -0.2) is 42.6 Å². The van der Waals surface area contributed by atoms with E-state index in [4.69, 9.17) is 0 Å². The zero-order chi connectivity index (χ0) is 14.0. The summed E-state index contributed by atoms with van der Waals surface area (Å²) in [5, 5.41) is 9.72. The number of hydrogen-bond acceptors (Lipinski definition) is 4. The van der Waals surface area contributed by atoms with E-state index in [1.165, 1.54) is 0 Å². The smallest absolute Gasteiger partial charge is 0.260 e. The molecule has 1 aromatic rings. The number of hydrogen-bond donors (Lipinski definition) is 2. The van der Waals surface area contributed by atoms with Crippen LogP contribution >= 0.6 is 0 Å². The molecular weight excluding hydrogens is 264 g/mol. The van der Waals surface area contributed by atoms with Crippen molar-refractivity contribution in [2.45, 2.75) is 44.3 Å². The van der Waals surface area contributed by atoms with Crippen LogP contribution in [-0.2, 0) is 16.6 Å². The minimum absolute atomic E-state index is 0.165. The highest BCUT2D eigenvalue weighted by atomic mass is 32.2. The van der Waals surface area contributed by atoms with Gasteiger partial charge in [0.25, 0.3) is 10.0 Å². The molecule has 1 heterocycles. The Bertz CT molecular complexity index is 520. The Hall–Kier alpha value is -0.920. The quantitative estimate of drug-likeness (QED) is 0.782. The Balaban J connectivity index is 2.30. The summed E-state index contributed by atoms with van der Waals surface area (Å²) in [6.45, 7) is 5.12. The molecule has 1 saturated carbocycles. The molecule has 0 radical (unpaired) electrons. The van der Waals surface area contributed by atoms with Crippen molar-refractivity contribution in [3.8, 4) is 0 Å². The van der Waals surface area contributed by atoms with Gasteiger partial charge in [-0.3, -0.25) is 5.10 Å². The van der Waals surface area contributed by atoms with Crippen molar-refractivity contribution in [1.82, 2.24) is 19.8 Å². The van der Waals surface area contributed by atoms with Crippen LogP contribution in [0, 0.1) is 5.92 Å². The monoisotopic (exact) mass is 286 g/mol. The highest BCUT2D eigenvalue weighted by Gasteiger charge is 2.39. The van der Waals surface area contributed by atoms with Crippen molar-refractivity contribution in [2.75, 3.05) is 13.6 Å². The summed E-state index contributed by atoms with van der Waals surface area (Å²) < 4.78 is 27.1. The molecule has 0 bridgehead atoms. The normalized spacial score (nSPS) is 16.5. The molecule has 1 aliphatic rings. The highest BCUT2D eigenvalue weighted by Crippen LogP contribution is 2.33. The van der Waals surface area contributed by atoms with E-state index in [9.17, 15) is 8.42 Å². The lowest BCUT2D eigenvalue weighted by atomic mass is 10.2. The number of aromatic amines is 1. The van der Waals surface area contributed by atoms with Gasteiger partial charge >= 0.3 is 0 Å². The van der Waals surface area contributed by atoms with Gasteiger partial charge in [0.2, 0.25) is 0 Å². The van der Waals surface area contributed by atoms with Gasteiger partial charge in [0.05, 0.1) is 6.20 Å². The van der Waals surface area contributed by atoms with Gasteiger partial charge in [-0.2, -0.15) is 9.40 Å². The van der Waals surface area contributed by atoms with Gasteiger partial charge in [0, 0.05) is 24.7 Å². The number of nitrogens with zero attached hydrogens (tertiary/aromatic N) is 2. The molecule has 7 heteroatoms. The Morgan fingerprint density at radius 3 is 2.74 bits per heavy atom. The number of sulfonamides is 1. The second kappa shape index (κ2) is 5.60. The molecule has 6 nitrogen and oxygen atoms in total. The summed E-state index contributed by atoms with van der Waals surface area (Å²) in [7, 11) is -1.68. The van der Waals surface area contributed by atoms with Crippen LogP contribution in [0.15, 0.2) is 11.2 Å². The van der Waals surface area contributed by atoms with Gasteiger partial charge in [-0.15, -0.1) is 0 Å². The van der Waals surface area contributed by atoms with E-state index in [0.717, 1.165) is 12.8 Å². The standard InChI is InChI=1S/C12H22N4O2S/c1-9(2)8-16(11-4-5-11)19(17,18)12-10(6-13-3)7-14-15-12/h7,9,11,13H,4-6,8H2,1-3H3,(H,14,15). The topological polar surface area (TPSA) is 78.1 Å². The fourth-order valence-corrected chi connectivity index (χ4v) is 4.08. The third-order valence-electron chi connectivity index (χ3n) is 3.11. The minimum atomic E-state index is -3.47. The van der Waals surface area contributed by atoms with Crippen molar-refractivity contribution in [2.24, 2.45) is 5.92 Å². The van der Waals surface area contributed by atoms with E-state index in [2.05, 4.69) is 15.5 Å². The van der Waals surface area contributed by atoms with Gasteiger partial charge in [-0.1, -0.05) is 13.8 Å². The highest BCUT2D eigenvalue weighted by molar-refractivity contribution is 7.89. The number of nitrogens with one attached hydrogen (secondary N) is 2. The van der Waals surface area contributed by atoms with E-state index in [1.54, 1.807) is 17.5 Å². The zero-order valence-corrected chi connectivity index (χ0v) is 12.5. The third-order valence-corrected chi connectivity index (χ3v) is 5.05. The van der Waals surface area contributed by atoms with Crippen LogP contribution in [0.5, 0.6) is 0 Å². The third kappa shape index (κ3) is 3.16. The molecule has 1 aliphatic carbocycles. The lowest BCUT2D eigenvalue weighted by Crippen LogP contribution is -2.37. The summed E-state index contributed by atoms with van der Waals surface area (Å²) >= 11 is 0. The summed E-state index contributed by atoms with van der Waals surface area (Å²) in [6, 6.07) is 0.165. The molecule has 1 aromatic heterocycles. The van der Waals surface area contributed by atoms with Crippen molar-refractivity contribution in [3.63, 3.8) is 0 Å². The zero-order valence-electron chi connectivity index (χ0n) is 11.7. The summed E-state index contributed by atoms with van der Waals surface area (Å²) in [4.78, 5) is 0. The number of rotatable bonds is 7. The molecule has 0 unspecified atom stereocenters. The minimum Gasteiger partial charge on any atom is -0.316 e. The Morgan fingerprint density at radius 1 is 1.53 bits per heavy atom. The number of H-pyrrole nitrogens is 1. The van der Waals surface area contributed by atoms with Crippen LogP contribution < -0.4 is 5.32 Å². The summed E-state index contributed by atoms with van der Waals surface area (Å²) in [5.41, 5.74) is 0.692. The maximum atomic E-state index is 12.7. The van der Waals surface area contributed by atoms with Crippen molar-refractivity contribution in [3.05, 3.63) is 11.8 Å². The molecule has 2 N–H and O–H groups in total. The predicted molar refractivity (Wildman–Crippen MR) is 73.1 cm³/mol. The first-order valence-electron chi connectivity index (χ1n) is 6.65. The molecule has 0 amide bonds. The van der Waals surface area contributed by atoms with Gasteiger partial charge in [-0.05, 0) is 25.8 Å². The van der Waals surface area contributed by atoms with E-state index in [0.29, 0.717) is 24.6 Å². The molecule has 0 atom stereocenters. The van der Waals surface area contributed by atoms with Crippen LogP contribution in [0.25, 0.3) is 0 Å².